The van der Waals surface area contributed by atoms with Gasteiger partial charge in [-0.2, -0.15) is 0 Å². The lowest BCUT2D eigenvalue weighted by Crippen LogP contribution is -2.02. The molecule has 0 heterocycles. The highest BCUT2D eigenvalue weighted by Crippen LogP contribution is 2.23. The molecule has 1 aliphatic carbocycles. The van der Waals surface area contributed by atoms with Gasteiger partial charge in [-0.25, -0.2) is 0 Å². The highest BCUT2D eigenvalue weighted by molar-refractivity contribution is 6.08. The highest BCUT2D eigenvalue weighted by Gasteiger charge is 2.07. The van der Waals surface area contributed by atoms with Gasteiger partial charge in [-0.3, -0.25) is 0 Å². The van der Waals surface area contributed by atoms with Crippen LogP contribution in [0.3, 0.4) is 0 Å². The lowest BCUT2D eigenvalue weighted by atomic mass is 9.93. The van der Waals surface area contributed by atoms with Crippen LogP contribution in [0.4, 0.5) is 0 Å². The van der Waals surface area contributed by atoms with Crippen molar-refractivity contribution in [3.05, 3.63) is 0 Å². The Kier molecular flexibility index (Phi) is 4.11. The molecule has 0 aliphatic heterocycles. The van der Waals surface area contributed by atoms with Gasteiger partial charge in [-0.15, -0.1) is 0 Å². The second kappa shape index (κ2) is 4.95. The van der Waals surface area contributed by atoms with E-state index in [1.54, 1.807) is 18.9 Å². The largest absolute Gasteiger partial charge is 0.0631 e. The van der Waals surface area contributed by atoms with Gasteiger partial charge >= 0.3 is 0 Å². The molecule has 0 nitrogen and oxygen atoms in total. The van der Waals surface area contributed by atoms with Crippen molar-refractivity contribution in [2.75, 3.05) is 0 Å². The Morgan fingerprint density at radius 1 is 0.900 bits per heavy atom. The second-order valence-electron chi connectivity index (χ2n) is 3.62. The molecule has 0 atom stereocenters. The van der Waals surface area contributed by atoms with Crippen LogP contribution < -0.4 is 0 Å². The third kappa shape index (κ3) is 2.87. The Labute approximate surface area is 67.8 Å². The third-order valence-corrected chi connectivity index (χ3v) is 3.96. The Morgan fingerprint density at radius 2 is 1.40 bits per heavy atom. The summed E-state index contributed by atoms with van der Waals surface area (Å²) in [6, 6.07) is 1.56. The molecule has 10 heavy (non-hydrogen) atoms. The van der Waals surface area contributed by atoms with Crippen molar-refractivity contribution in [2.45, 2.75) is 51.0 Å². The lowest BCUT2D eigenvalue weighted by molar-refractivity contribution is 0.404. The molecule has 1 aliphatic rings. The monoisotopic (exact) mass is 156 g/mol. The van der Waals surface area contributed by atoms with Gasteiger partial charge in [0.25, 0.3) is 0 Å². The molecule has 1 fully saturated rings. The zero-order valence-corrected chi connectivity index (χ0v) is 9.23. The van der Waals surface area contributed by atoms with Crippen molar-refractivity contribution < 1.29 is 0 Å². The summed E-state index contributed by atoms with van der Waals surface area (Å²) in [6.07, 6.45) is 10.7. The molecule has 1 rings (SSSR count). The van der Waals surface area contributed by atoms with Crippen molar-refractivity contribution in [3.63, 3.8) is 0 Å². The summed E-state index contributed by atoms with van der Waals surface area (Å²) >= 11 is 0. The van der Waals surface area contributed by atoms with E-state index in [0.717, 1.165) is 5.92 Å². The lowest BCUT2D eigenvalue weighted by Gasteiger charge is -2.17. The van der Waals surface area contributed by atoms with Crippen LogP contribution in [0.25, 0.3) is 0 Å². The molecule has 0 aromatic carbocycles. The van der Waals surface area contributed by atoms with Crippen molar-refractivity contribution in [1.29, 1.82) is 0 Å². The normalized spacial score (nSPS) is 24.0. The van der Waals surface area contributed by atoms with Gasteiger partial charge in [0.1, 0.15) is 0 Å². The Balaban J connectivity index is 2.16. The van der Waals surface area contributed by atoms with E-state index in [1.165, 1.54) is 42.3 Å². The summed E-state index contributed by atoms with van der Waals surface area (Å²) in [4.78, 5) is 0. The van der Waals surface area contributed by atoms with Crippen LogP contribution in [-0.4, -0.2) is 10.2 Å². The van der Waals surface area contributed by atoms with Gasteiger partial charge < -0.3 is 0 Å². The maximum atomic E-state index is 1.56. The van der Waals surface area contributed by atoms with Crippen molar-refractivity contribution in [1.82, 2.24) is 0 Å². The molecule has 0 spiro atoms. The fourth-order valence-corrected chi connectivity index (χ4v) is 2.77. The molecule has 0 N–H and O–H groups in total. The van der Waals surface area contributed by atoms with Crippen molar-refractivity contribution >= 4 is 10.2 Å². The fourth-order valence-electron chi connectivity index (χ4n) is 1.95. The van der Waals surface area contributed by atoms with Gasteiger partial charge in [0.05, 0.1) is 0 Å². The predicted octanol–water partition coefficient (Wildman–Crippen LogP) is 2.13. The van der Waals surface area contributed by atoms with Crippen LogP contribution >= 0.6 is 0 Å². The predicted molar refractivity (Wildman–Crippen MR) is 50.6 cm³/mol. The molecular weight excluding hydrogens is 136 g/mol. The molecule has 0 saturated heterocycles. The minimum Gasteiger partial charge on any atom is -0.0631 e. The summed E-state index contributed by atoms with van der Waals surface area (Å²) in [5.74, 6) is 1.13. The van der Waals surface area contributed by atoms with Crippen molar-refractivity contribution in [2.24, 2.45) is 5.92 Å². The smallest absolute Gasteiger partial charge is 0.00314 e. The van der Waals surface area contributed by atoms with Crippen LogP contribution in [-0.2, 0) is 0 Å². The molecule has 0 aromatic rings. The van der Waals surface area contributed by atoms with Crippen LogP contribution in [0.1, 0.15) is 44.9 Å². The minimum atomic E-state index is 1.13. The van der Waals surface area contributed by atoms with Crippen LogP contribution in [0.15, 0.2) is 0 Å². The maximum Gasteiger partial charge on any atom is 0.00314 e. The third-order valence-electron chi connectivity index (χ3n) is 2.80. The zero-order valence-electron chi connectivity index (χ0n) is 7.23. The molecule has 0 unspecified atom stereocenters. The maximum absolute atomic E-state index is 1.56. The molecule has 60 valence electrons. The molecule has 0 radical (unpaired) electrons. The first-order valence-electron chi connectivity index (χ1n) is 4.93. The Morgan fingerprint density at radius 3 is 1.90 bits per heavy atom. The standard InChI is InChI=1S/C9H20Si/c10-8-9-6-4-2-1-3-5-7-9/h9H,1-8H2,10H3. The quantitative estimate of drug-likeness (QED) is 0.510. The van der Waals surface area contributed by atoms with E-state index in [4.69, 9.17) is 0 Å². The Hall–Kier alpha value is 0.217. The Bertz CT molecular complexity index is 72.8. The fraction of sp³-hybridized carbons (Fsp3) is 1.00. The van der Waals surface area contributed by atoms with E-state index in [9.17, 15) is 0 Å². The second-order valence-corrected chi connectivity index (χ2v) is 4.44. The first kappa shape index (κ1) is 8.31. The molecule has 0 aromatic heterocycles. The minimum absolute atomic E-state index is 1.13. The summed E-state index contributed by atoms with van der Waals surface area (Å²) in [5, 5.41) is 0. The summed E-state index contributed by atoms with van der Waals surface area (Å²) in [7, 11) is 1.43. The summed E-state index contributed by atoms with van der Waals surface area (Å²) in [6.45, 7) is 0. The van der Waals surface area contributed by atoms with E-state index in [2.05, 4.69) is 0 Å². The van der Waals surface area contributed by atoms with E-state index in [-0.39, 0.29) is 0 Å². The molecule has 1 heteroatoms. The molecule has 0 bridgehead atoms. The van der Waals surface area contributed by atoms with E-state index in [0.29, 0.717) is 0 Å². The van der Waals surface area contributed by atoms with Crippen LogP contribution in [0, 0.1) is 5.92 Å². The SMILES string of the molecule is [SiH3]CC1CCCCCCC1. The van der Waals surface area contributed by atoms with Gasteiger partial charge in [0, 0.05) is 10.2 Å². The first-order valence-corrected chi connectivity index (χ1v) is 6.35. The molecule has 0 amide bonds. The summed E-state index contributed by atoms with van der Waals surface area (Å²) in [5.41, 5.74) is 0. The zero-order chi connectivity index (χ0) is 7.23. The molecular formula is C9H20Si. The van der Waals surface area contributed by atoms with Crippen LogP contribution in [0.5, 0.6) is 0 Å². The van der Waals surface area contributed by atoms with Gasteiger partial charge in [0.2, 0.25) is 0 Å². The van der Waals surface area contributed by atoms with Gasteiger partial charge in [-0.05, 0) is 5.92 Å². The van der Waals surface area contributed by atoms with E-state index >= 15 is 0 Å². The molecule has 1 saturated carbocycles. The first-order chi connectivity index (χ1) is 4.93. The van der Waals surface area contributed by atoms with Crippen LogP contribution in [0.2, 0.25) is 6.04 Å². The van der Waals surface area contributed by atoms with Crippen molar-refractivity contribution in [3.8, 4) is 0 Å². The van der Waals surface area contributed by atoms with Gasteiger partial charge in [0.15, 0.2) is 0 Å². The number of hydrogen-bond acceptors (Lipinski definition) is 0. The highest BCUT2D eigenvalue weighted by atomic mass is 28.1. The average molecular weight is 156 g/mol. The van der Waals surface area contributed by atoms with Gasteiger partial charge in [-0.1, -0.05) is 51.0 Å². The number of hydrogen-bond donors (Lipinski definition) is 0. The topological polar surface area (TPSA) is 0 Å². The summed E-state index contributed by atoms with van der Waals surface area (Å²) < 4.78 is 0. The number of rotatable bonds is 1. The van der Waals surface area contributed by atoms with E-state index < -0.39 is 0 Å². The average Bonchev–Trinajstić information content (AvgIpc) is 1.87. The van der Waals surface area contributed by atoms with E-state index in [1.807, 2.05) is 0 Å².